The predicted octanol–water partition coefficient (Wildman–Crippen LogP) is 1.35. The Morgan fingerprint density at radius 2 is 1.83 bits per heavy atom. The van der Waals surface area contributed by atoms with Crippen LogP contribution in [0.1, 0.15) is 28.8 Å². The predicted molar refractivity (Wildman–Crippen MR) is 95.1 cm³/mol. The lowest BCUT2D eigenvalue weighted by Gasteiger charge is -2.30. The molecule has 2 heterocycles. The van der Waals surface area contributed by atoms with E-state index in [-0.39, 0.29) is 11.4 Å². The van der Waals surface area contributed by atoms with Crippen LogP contribution in [-0.2, 0) is 6.54 Å². The highest BCUT2D eigenvalue weighted by Gasteiger charge is 2.16. The lowest BCUT2D eigenvalue weighted by molar-refractivity contribution is 0.100. The molecule has 0 radical (unpaired) electrons. The monoisotopic (exact) mass is 325 g/mol. The fourth-order valence-corrected chi connectivity index (χ4v) is 3.00. The van der Waals surface area contributed by atoms with Gasteiger partial charge in [0.25, 0.3) is 5.91 Å². The minimum absolute atomic E-state index is 0.158. The molecule has 1 fully saturated rings. The minimum Gasteiger partial charge on any atom is -0.383 e. The van der Waals surface area contributed by atoms with Crippen molar-refractivity contribution in [1.82, 2.24) is 9.88 Å². The maximum absolute atomic E-state index is 11.4. The highest BCUT2D eigenvalue weighted by atomic mass is 16.1. The first-order chi connectivity index (χ1) is 11.5. The summed E-state index contributed by atoms with van der Waals surface area (Å²) in [4.78, 5) is 17.9. The molecule has 1 aromatic carbocycles. The van der Waals surface area contributed by atoms with Crippen molar-refractivity contribution < 1.29 is 4.79 Å². The van der Waals surface area contributed by atoms with E-state index in [1.165, 1.54) is 5.56 Å². The summed E-state index contributed by atoms with van der Waals surface area (Å²) < 4.78 is 0. The van der Waals surface area contributed by atoms with E-state index in [1.54, 1.807) is 12.3 Å². The van der Waals surface area contributed by atoms with Crippen LogP contribution in [-0.4, -0.2) is 34.9 Å². The molecule has 1 aromatic heterocycles. The second-order valence-corrected chi connectivity index (χ2v) is 6.33. The minimum atomic E-state index is -0.568. The summed E-state index contributed by atoms with van der Waals surface area (Å²) in [5.74, 6) is -0.409. The number of likely N-dealkylation sites (tertiary alicyclic amines) is 1. The van der Waals surface area contributed by atoms with Crippen LogP contribution < -0.4 is 17.2 Å². The van der Waals surface area contributed by atoms with Crippen molar-refractivity contribution in [2.45, 2.75) is 25.4 Å². The quantitative estimate of drug-likeness (QED) is 0.786. The summed E-state index contributed by atoms with van der Waals surface area (Å²) in [7, 11) is 0. The Bertz CT molecular complexity index is 721. The van der Waals surface area contributed by atoms with Gasteiger partial charge in [-0.05, 0) is 43.1 Å². The van der Waals surface area contributed by atoms with E-state index in [2.05, 4.69) is 22.0 Å². The number of hydrogen-bond acceptors (Lipinski definition) is 5. The van der Waals surface area contributed by atoms with Gasteiger partial charge in [0.05, 0.1) is 5.56 Å². The van der Waals surface area contributed by atoms with Crippen molar-refractivity contribution in [2.24, 2.45) is 11.5 Å². The number of aromatic nitrogens is 1. The number of pyridine rings is 1. The third-order valence-corrected chi connectivity index (χ3v) is 4.51. The molecule has 0 saturated carbocycles. The molecule has 1 aliphatic rings. The maximum atomic E-state index is 11.4. The third-order valence-electron chi connectivity index (χ3n) is 4.51. The molecule has 1 aliphatic heterocycles. The van der Waals surface area contributed by atoms with Crippen LogP contribution in [0.4, 0.5) is 5.82 Å². The highest BCUT2D eigenvalue weighted by Crippen LogP contribution is 2.23. The standard InChI is InChI=1S/C18H23N5O/c19-15-5-7-23(8-6-15)11-12-1-3-13(4-2-12)14-9-16(18(21)24)17(20)22-10-14/h1-4,9-10,15H,5-8,11,19H2,(H2,20,22)(H2,21,24). The molecule has 1 saturated heterocycles. The summed E-state index contributed by atoms with van der Waals surface area (Å²) in [5, 5.41) is 0. The second-order valence-electron chi connectivity index (χ2n) is 6.33. The van der Waals surface area contributed by atoms with Gasteiger partial charge in [0.2, 0.25) is 0 Å². The Hall–Kier alpha value is -2.44. The lowest BCUT2D eigenvalue weighted by atomic mass is 10.0. The number of primary amides is 1. The van der Waals surface area contributed by atoms with E-state index in [1.807, 2.05) is 12.1 Å². The first-order valence-electron chi connectivity index (χ1n) is 8.15. The molecule has 6 nitrogen and oxygen atoms in total. The normalized spacial score (nSPS) is 16.2. The molecule has 6 N–H and O–H groups in total. The zero-order chi connectivity index (χ0) is 17.1. The number of carbonyl (C=O) groups is 1. The number of amides is 1. The Balaban J connectivity index is 1.72. The Kier molecular flexibility index (Phi) is 4.78. The zero-order valence-corrected chi connectivity index (χ0v) is 13.6. The Morgan fingerprint density at radius 1 is 1.17 bits per heavy atom. The zero-order valence-electron chi connectivity index (χ0n) is 13.6. The summed E-state index contributed by atoms with van der Waals surface area (Å²) in [6.07, 6.45) is 3.78. The molecular formula is C18H23N5O. The smallest absolute Gasteiger partial charge is 0.252 e. The van der Waals surface area contributed by atoms with Gasteiger partial charge < -0.3 is 17.2 Å². The molecule has 0 bridgehead atoms. The fourth-order valence-electron chi connectivity index (χ4n) is 3.00. The maximum Gasteiger partial charge on any atom is 0.252 e. The average Bonchev–Trinajstić information content (AvgIpc) is 2.58. The summed E-state index contributed by atoms with van der Waals surface area (Å²) >= 11 is 0. The van der Waals surface area contributed by atoms with Crippen LogP contribution in [0.15, 0.2) is 36.5 Å². The van der Waals surface area contributed by atoms with Gasteiger partial charge in [-0.15, -0.1) is 0 Å². The molecule has 6 heteroatoms. The van der Waals surface area contributed by atoms with Crippen molar-refractivity contribution in [3.05, 3.63) is 47.7 Å². The number of benzene rings is 1. The highest BCUT2D eigenvalue weighted by molar-refractivity contribution is 5.98. The number of nitrogens with two attached hydrogens (primary N) is 3. The van der Waals surface area contributed by atoms with E-state index in [0.29, 0.717) is 6.04 Å². The Morgan fingerprint density at radius 3 is 2.46 bits per heavy atom. The summed E-state index contributed by atoms with van der Waals surface area (Å²) in [6, 6.07) is 10.3. The molecule has 0 spiro atoms. The van der Waals surface area contributed by atoms with Crippen molar-refractivity contribution in [3.63, 3.8) is 0 Å². The van der Waals surface area contributed by atoms with E-state index in [4.69, 9.17) is 17.2 Å². The topological polar surface area (TPSA) is 111 Å². The van der Waals surface area contributed by atoms with E-state index in [9.17, 15) is 4.79 Å². The number of piperidine rings is 1. The van der Waals surface area contributed by atoms with Gasteiger partial charge in [-0.25, -0.2) is 4.98 Å². The summed E-state index contributed by atoms with van der Waals surface area (Å²) in [5.41, 5.74) is 20.3. The largest absolute Gasteiger partial charge is 0.383 e. The van der Waals surface area contributed by atoms with Gasteiger partial charge in [-0.3, -0.25) is 9.69 Å². The van der Waals surface area contributed by atoms with Crippen LogP contribution in [0.5, 0.6) is 0 Å². The first-order valence-corrected chi connectivity index (χ1v) is 8.15. The Labute approximate surface area is 141 Å². The van der Waals surface area contributed by atoms with Crippen LogP contribution in [0.2, 0.25) is 0 Å². The number of rotatable bonds is 4. The number of carbonyl (C=O) groups excluding carboxylic acids is 1. The van der Waals surface area contributed by atoms with Crippen LogP contribution in [0, 0.1) is 0 Å². The molecule has 0 aliphatic carbocycles. The fraction of sp³-hybridized carbons (Fsp3) is 0.333. The van der Waals surface area contributed by atoms with E-state index >= 15 is 0 Å². The van der Waals surface area contributed by atoms with Crippen molar-refractivity contribution >= 4 is 11.7 Å². The van der Waals surface area contributed by atoms with Gasteiger partial charge >= 0.3 is 0 Å². The molecule has 24 heavy (non-hydrogen) atoms. The molecular weight excluding hydrogens is 302 g/mol. The van der Waals surface area contributed by atoms with E-state index < -0.39 is 5.91 Å². The van der Waals surface area contributed by atoms with Crippen molar-refractivity contribution in [1.29, 1.82) is 0 Å². The number of hydrogen-bond donors (Lipinski definition) is 3. The number of anilines is 1. The van der Waals surface area contributed by atoms with Crippen molar-refractivity contribution in [3.8, 4) is 11.1 Å². The molecule has 3 rings (SSSR count). The number of nitrogens with zero attached hydrogens (tertiary/aromatic N) is 2. The summed E-state index contributed by atoms with van der Waals surface area (Å²) in [6.45, 7) is 3.03. The molecule has 0 unspecified atom stereocenters. The average molecular weight is 325 g/mol. The molecule has 126 valence electrons. The van der Waals surface area contributed by atoms with Crippen molar-refractivity contribution in [2.75, 3.05) is 18.8 Å². The van der Waals surface area contributed by atoms with Gasteiger partial charge in [0.1, 0.15) is 5.82 Å². The van der Waals surface area contributed by atoms with Crippen LogP contribution >= 0.6 is 0 Å². The van der Waals surface area contributed by atoms with Crippen LogP contribution in [0.25, 0.3) is 11.1 Å². The van der Waals surface area contributed by atoms with Gasteiger partial charge in [-0.1, -0.05) is 24.3 Å². The third kappa shape index (κ3) is 3.72. The SMILES string of the molecule is NC(=O)c1cc(-c2ccc(CN3CCC(N)CC3)cc2)cnc1N. The molecule has 2 aromatic rings. The first kappa shape index (κ1) is 16.4. The van der Waals surface area contributed by atoms with Gasteiger partial charge in [0, 0.05) is 24.3 Å². The van der Waals surface area contributed by atoms with Gasteiger partial charge in [-0.2, -0.15) is 0 Å². The van der Waals surface area contributed by atoms with Gasteiger partial charge in [0.15, 0.2) is 0 Å². The molecule has 1 amide bonds. The molecule has 0 atom stereocenters. The number of nitrogen functional groups attached to an aromatic ring is 1. The van der Waals surface area contributed by atoms with Crippen LogP contribution in [0.3, 0.4) is 0 Å². The second kappa shape index (κ2) is 6.98. The van der Waals surface area contributed by atoms with E-state index in [0.717, 1.165) is 43.6 Å². The lowest BCUT2D eigenvalue weighted by Crippen LogP contribution is -2.39.